The first-order chi connectivity index (χ1) is 16.1. The first kappa shape index (κ1) is 22.3. The Labute approximate surface area is 199 Å². The average molecular weight is 470 g/mol. The maximum Gasteiger partial charge on any atom is 0.164 e. The Hall–Kier alpha value is -2.55. The van der Waals surface area contributed by atoms with Crippen LogP contribution in [-0.2, 0) is 4.84 Å². The molecule has 0 N–H and O–H groups in total. The van der Waals surface area contributed by atoms with Gasteiger partial charge in [-0.25, -0.2) is 0 Å². The van der Waals surface area contributed by atoms with E-state index in [1.807, 2.05) is 12.1 Å². The molecule has 1 fully saturated rings. The Morgan fingerprint density at radius 1 is 1.15 bits per heavy atom. The van der Waals surface area contributed by atoms with Gasteiger partial charge in [0.05, 0.1) is 20.1 Å². The molecule has 1 aromatic heterocycles. The zero-order chi connectivity index (χ0) is 22.8. The molecule has 3 aliphatic rings. The second-order valence-electron chi connectivity index (χ2n) is 8.87. The van der Waals surface area contributed by atoms with Crippen LogP contribution in [0.25, 0.3) is 6.08 Å². The van der Waals surface area contributed by atoms with E-state index in [-0.39, 0.29) is 12.0 Å². The summed E-state index contributed by atoms with van der Waals surface area (Å²) < 4.78 is 17.0. The quantitative estimate of drug-likeness (QED) is 0.618. The zero-order valence-electron chi connectivity index (χ0n) is 19.5. The topological polar surface area (TPSA) is 55.8 Å². The van der Waals surface area contributed by atoms with E-state index in [1.54, 1.807) is 25.6 Å². The molecule has 176 valence electrons. The second kappa shape index (κ2) is 9.75. The predicted molar refractivity (Wildman–Crippen MR) is 131 cm³/mol. The van der Waals surface area contributed by atoms with E-state index in [2.05, 4.69) is 44.8 Å². The van der Waals surface area contributed by atoms with Crippen LogP contribution in [0.5, 0.6) is 17.2 Å². The number of hydrogen-bond acceptors (Lipinski definition) is 8. The van der Waals surface area contributed by atoms with E-state index in [9.17, 15) is 0 Å². The fraction of sp³-hybridized carbons (Fsp3) is 0.480. The maximum atomic E-state index is 6.07. The van der Waals surface area contributed by atoms with Crippen molar-refractivity contribution in [1.82, 2.24) is 9.80 Å². The smallest absolute Gasteiger partial charge is 0.164 e. The lowest BCUT2D eigenvalue weighted by atomic mass is 9.90. The van der Waals surface area contributed by atoms with Gasteiger partial charge in [-0.3, -0.25) is 9.80 Å². The van der Waals surface area contributed by atoms with Crippen LogP contribution in [0.15, 0.2) is 39.7 Å². The molecule has 5 rings (SSSR count). The van der Waals surface area contributed by atoms with Gasteiger partial charge in [-0.15, -0.1) is 0 Å². The average Bonchev–Trinajstić information content (AvgIpc) is 3.49. The zero-order valence-corrected chi connectivity index (χ0v) is 20.3. The van der Waals surface area contributed by atoms with Crippen LogP contribution in [0.1, 0.15) is 18.1 Å². The number of methoxy groups -OCH3 is 2. The highest BCUT2D eigenvalue weighted by molar-refractivity contribution is 7.08. The first-order valence-electron chi connectivity index (χ1n) is 11.4. The molecule has 1 aromatic carbocycles. The lowest BCUT2D eigenvalue weighted by molar-refractivity contribution is 0.0101. The van der Waals surface area contributed by atoms with Crippen molar-refractivity contribution < 1.29 is 19.0 Å². The molecule has 7 nitrogen and oxygen atoms in total. The van der Waals surface area contributed by atoms with Gasteiger partial charge in [0.15, 0.2) is 17.6 Å². The van der Waals surface area contributed by atoms with Crippen molar-refractivity contribution in [3.8, 4) is 17.2 Å². The summed E-state index contributed by atoms with van der Waals surface area (Å²) in [5.41, 5.74) is 4.60. The highest BCUT2D eigenvalue weighted by atomic mass is 32.1. The first-order valence-corrected chi connectivity index (χ1v) is 12.4. The van der Waals surface area contributed by atoms with Gasteiger partial charge in [0.2, 0.25) is 0 Å². The molecule has 0 amide bonds. The SMILES string of the molecule is COc1cc2c(cc1OC)C1=NOC(CN3CCN(C/C(C)=C/c4ccsc4)CC3)C1CO2. The van der Waals surface area contributed by atoms with E-state index in [1.165, 1.54) is 11.1 Å². The van der Waals surface area contributed by atoms with E-state index in [4.69, 9.17) is 19.0 Å². The Morgan fingerprint density at radius 3 is 2.64 bits per heavy atom. The number of fused-ring (bicyclic) bond motifs is 3. The summed E-state index contributed by atoms with van der Waals surface area (Å²) in [6, 6.07) is 5.98. The summed E-state index contributed by atoms with van der Waals surface area (Å²) in [5, 5.41) is 8.78. The molecule has 0 radical (unpaired) electrons. The van der Waals surface area contributed by atoms with Gasteiger partial charge in [0, 0.05) is 50.9 Å². The lowest BCUT2D eigenvalue weighted by Crippen LogP contribution is -2.50. The van der Waals surface area contributed by atoms with Crippen molar-refractivity contribution in [3.63, 3.8) is 0 Å². The Bertz CT molecular complexity index is 1030. The van der Waals surface area contributed by atoms with E-state index in [0.29, 0.717) is 18.1 Å². The monoisotopic (exact) mass is 469 g/mol. The molecule has 4 heterocycles. The number of benzene rings is 1. The number of piperazine rings is 1. The maximum absolute atomic E-state index is 6.07. The van der Waals surface area contributed by atoms with Crippen molar-refractivity contribution >= 4 is 23.1 Å². The van der Waals surface area contributed by atoms with Gasteiger partial charge in [0.1, 0.15) is 18.1 Å². The van der Waals surface area contributed by atoms with Crippen LogP contribution in [-0.4, -0.2) is 81.7 Å². The van der Waals surface area contributed by atoms with Crippen LogP contribution in [0.4, 0.5) is 0 Å². The molecule has 0 saturated carbocycles. The molecule has 0 bridgehead atoms. The Kier molecular flexibility index (Phi) is 6.57. The molecule has 3 aliphatic heterocycles. The van der Waals surface area contributed by atoms with Gasteiger partial charge >= 0.3 is 0 Å². The van der Waals surface area contributed by atoms with Gasteiger partial charge in [-0.2, -0.15) is 11.3 Å². The molecule has 1 saturated heterocycles. The lowest BCUT2D eigenvalue weighted by Gasteiger charge is -2.36. The van der Waals surface area contributed by atoms with Crippen LogP contribution in [0.3, 0.4) is 0 Å². The van der Waals surface area contributed by atoms with Gasteiger partial charge < -0.3 is 19.0 Å². The molecule has 0 aliphatic carbocycles. The summed E-state index contributed by atoms with van der Waals surface area (Å²) in [7, 11) is 3.27. The Morgan fingerprint density at radius 2 is 1.91 bits per heavy atom. The highest BCUT2D eigenvalue weighted by Gasteiger charge is 2.41. The minimum Gasteiger partial charge on any atom is -0.493 e. The van der Waals surface area contributed by atoms with Gasteiger partial charge in [0.25, 0.3) is 0 Å². The van der Waals surface area contributed by atoms with Crippen LogP contribution in [0, 0.1) is 5.92 Å². The van der Waals surface area contributed by atoms with E-state index in [0.717, 1.165) is 56.3 Å². The van der Waals surface area contributed by atoms with Gasteiger partial charge in [-0.1, -0.05) is 16.8 Å². The standard InChI is InChI=1S/C25H31N3O4S/c1-17(10-18-4-9-33-16-18)13-27-5-7-28(8-6-27)14-24-20-15-31-21-12-23(30-3)22(29-2)11-19(21)25(20)26-32-24/h4,9-12,16,20,24H,5-8,13-15H2,1-3H3/b17-10+. The van der Waals surface area contributed by atoms with Crippen molar-refractivity contribution in [2.45, 2.75) is 13.0 Å². The third kappa shape index (κ3) is 4.74. The van der Waals surface area contributed by atoms with Crippen LogP contribution < -0.4 is 14.2 Å². The highest BCUT2D eigenvalue weighted by Crippen LogP contribution is 2.40. The van der Waals surface area contributed by atoms with E-state index >= 15 is 0 Å². The molecular formula is C25H31N3O4S. The predicted octanol–water partition coefficient (Wildman–Crippen LogP) is 3.60. The van der Waals surface area contributed by atoms with Crippen LogP contribution in [0.2, 0.25) is 0 Å². The number of oxime groups is 1. The minimum atomic E-state index is 0.00743. The number of hydrogen-bond donors (Lipinski definition) is 0. The number of thiophene rings is 1. The normalized spacial score (nSPS) is 23.2. The molecule has 8 heteroatoms. The van der Waals surface area contributed by atoms with Crippen molar-refractivity contribution in [2.24, 2.45) is 11.1 Å². The summed E-state index contributed by atoms with van der Waals surface area (Å²) in [6.45, 7) is 8.88. The third-order valence-corrected chi connectivity index (χ3v) is 7.30. The Balaban J connectivity index is 1.16. The fourth-order valence-corrected chi connectivity index (χ4v) is 5.44. The van der Waals surface area contributed by atoms with Crippen molar-refractivity contribution in [3.05, 3.63) is 45.7 Å². The molecule has 2 aromatic rings. The largest absolute Gasteiger partial charge is 0.493 e. The summed E-state index contributed by atoms with van der Waals surface area (Å²) in [5.74, 6) is 2.23. The van der Waals surface area contributed by atoms with Crippen molar-refractivity contribution in [2.75, 3.05) is 60.1 Å². The number of ether oxygens (including phenoxy) is 3. The number of nitrogens with zero attached hydrogens (tertiary/aromatic N) is 3. The minimum absolute atomic E-state index is 0.00743. The number of rotatable bonds is 7. The van der Waals surface area contributed by atoms with Crippen molar-refractivity contribution in [1.29, 1.82) is 0 Å². The molecular weight excluding hydrogens is 438 g/mol. The molecule has 2 atom stereocenters. The second-order valence-corrected chi connectivity index (χ2v) is 9.65. The fourth-order valence-electron chi connectivity index (χ4n) is 4.82. The molecule has 2 unspecified atom stereocenters. The molecule has 0 spiro atoms. The third-order valence-electron chi connectivity index (χ3n) is 6.60. The molecule has 33 heavy (non-hydrogen) atoms. The summed E-state index contributed by atoms with van der Waals surface area (Å²) in [4.78, 5) is 10.9. The van der Waals surface area contributed by atoms with Gasteiger partial charge in [-0.05, 0) is 35.4 Å². The van der Waals surface area contributed by atoms with Crippen LogP contribution >= 0.6 is 11.3 Å². The summed E-state index contributed by atoms with van der Waals surface area (Å²) in [6.07, 6.45) is 2.30. The van der Waals surface area contributed by atoms with E-state index < -0.39 is 0 Å². The summed E-state index contributed by atoms with van der Waals surface area (Å²) >= 11 is 1.74.